The van der Waals surface area contributed by atoms with Gasteiger partial charge >= 0.3 is 5.97 Å². The van der Waals surface area contributed by atoms with Crippen molar-refractivity contribution >= 4 is 46.5 Å². The second kappa shape index (κ2) is 10.9. The van der Waals surface area contributed by atoms with Crippen LogP contribution in [0.4, 0.5) is 15.8 Å². The number of carbonyl (C=O) groups is 3. The molecular weight excluding hydrogens is 397 g/mol. The average molecular weight is 417 g/mol. The lowest BCUT2D eigenvalue weighted by atomic mass is 10.2. The van der Waals surface area contributed by atoms with Crippen LogP contribution in [0.1, 0.15) is 30.1 Å². The first-order valence-electron chi connectivity index (χ1n) is 8.81. The fourth-order valence-electron chi connectivity index (χ4n) is 2.27. The molecule has 9 heteroatoms. The summed E-state index contributed by atoms with van der Waals surface area (Å²) in [5.41, 5.74) is 1.29. The number of esters is 1. The third kappa shape index (κ3) is 7.67. The van der Waals surface area contributed by atoms with Gasteiger partial charge in [0.25, 0.3) is 5.91 Å². The highest BCUT2D eigenvalue weighted by Crippen LogP contribution is 2.14. The number of hydrogen-bond acceptors (Lipinski definition) is 5. The smallest absolute Gasteiger partial charge is 0.306 e. The van der Waals surface area contributed by atoms with Crippen LogP contribution >= 0.6 is 12.2 Å². The van der Waals surface area contributed by atoms with E-state index in [1.165, 1.54) is 24.3 Å². The lowest BCUT2D eigenvalue weighted by Crippen LogP contribution is -2.34. The van der Waals surface area contributed by atoms with E-state index in [9.17, 15) is 18.8 Å². The molecule has 0 saturated carbocycles. The van der Waals surface area contributed by atoms with E-state index in [4.69, 9.17) is 17.0 Å². The molecule has 2 rings (SSSR count). The Morgan fingerprint density at radius 1 is 1.00 bits per heavy atom. The Labute approximate surface area is 172 Å². The fraction of sp³-hybridized carbons (Fsp3) is 0.200. The lowest BCUT2D eigenvalue weighted by Gasteiger charge is -2.11. The van der Waals surface area contributed by atoms with Crippen LogP contribution in [0.3, 0.4) is 0 Å². The van der Waals surface area contributed by atoms with Gasteiger partial charge in [-0.3, -0.25) is 14.4 Å². The summed E-state index contributed by atoms with van der Waals surface area (Å²) in [6.45, 7) is 1.94. The molecule has 0 heterocycles. The van der Waals surface area contributed by atoms with E-state index in [-0.39, 0.29) is 30.5 Å². The summed E-state index contributed by atoms with van der Waals surface area (Å²) in [4.78, 5) is 35.4. The summed E-state index contributed by atoms with van der Waals surface area (Å²) in [5.74, 6) is -1.67. The van der Waals surface area contributed by atoms with Crippen molar-refractivity contribution in [1.82, 2.24) is 5.32 Å². The number of carbonyl (C=O) groups excluding carboxylic acids is 3. The Morgan fingerprint density at radius 2 is 1.72 bits per heavy atom. The van der Waals surface area contributed by atoms with Crippen molar-refractivity contribution in [2.24, 2.45) is 0 Å². The highest BCUT2D eigenvalue weighted by atomic mass is 32.1. The molecule has 0 unspecified atom stereocenters. The Bertz CT molecular complexity index is 903. The van der Waals surface area contributed by atoms with Crippen molar-refractivity contribution in [2.45, 2.75) is 19.8 Å². The van der Waals surface area contributed by atoms with Gasteiger partial charge in [-0.25, -0.2) is 4.39 Å². The number of halogens is 1. The van der Waals surface area contributed by atoms with Crippen molar-refractivity contribution in [1.29, 1.82) is 0 Å². The first-order chi connectivity index (χ1) is 13.9. The van der Waals surface area contributed by atoms with Gasteiger partial charge in [0.15, 0.2) is 5.11 Å². The van der Waals surface area contributed by atoms with Gasteiger partial charge in [0.2, 0.25) is 5.91 Å². The van der Waals surface area contributed by atoms with E-state index in [0.29, 0.717) is 16.9 Å². The van der Waals surface area contributed by atoms with E-state index >= 15 is 0 Å². The van der Waals surface area contributed by atoms with Crippen molar-refractivity contribution < 1.29 is 23.5 Å². The molecule has 0 aromatic heterocycles. The van der Waals surface area contributed by atoms with Gasteiger partial charge in [0, 0.05) is 23.4 Å². The maximum Gasteiger partial charge on any atom is 0.306 e. The number of nitrogens with one attached hydrogen (secondary N) is 3. The molecule has 0 bridgehead atoms. The molecule has 0 aliphatic rings. The van der Waals surface area contributed by atoms with Crippen molar-refractivity contribution in [3.05, 3.63) is 59.9 Å². The number of hydrogen-bond donors (Lipinski definition) is 3. The fourth-order valence-corrected chi connectivity index (χ4v) is 2.51. The van der Waals surface area contributed by atoms with Gasteiger partial charge in [-0.05, 0) is 61.6 Å². The van der Waals surface area contributed by atoms with E-state index < -0.39 is 17.7 Å². The second-order valence-electron chi connectivity index (χ2n) is 5.85. The number of amides is 2. The molecule has 152 valence electrons. The van der Waals surface area contributed by atoms with E-state index in [1.807, 2.05) is 0 Å². The zero-order valence-corrected chi connectivity index (χ0v) is 16.5. The van der Waals surface area contributed by atoms with Crippen LogP contribution in [0.15, 0.2) is 48.5 Å². The van der Waals surface area contributed by atoms with Gasteiger partial charge in [-0.1, -0.05) is 6.07 Å². The van der Waals surface area contributed by atoms with Crippen LogP contribution in [0.5, 0.6) is 0 Å². The van der Waals surface area contributed by atoms with E-state index in [1.54, 1.807) is 31.2 Å². The van der Waals surface area contributed by atoms with Gasteiger partial charge in [-0.2, -0.15) is 0 Å². The molecule has 0 radical (unpaired) electrons. The van der Waals surface area contributed by atoms with Crippen LogP contribution in [0.25, 0.3) is 0 Å². The van der Waals surface area contributed by atoms with Crippen molar-refractivity contribution in [2.75, 3.05) is 17.2 Å². The minimum atomic E-state index is -0.457. The average Bonchev–Trinajstić information content (AvgIpc) is 2.68. The normalized spacial score (nSPS) is 10.0. The molecular formula is C20H20FN3O4S. The van der Waals surface area contributed by atoms with Crippen LogP contribution < -0.4 is 16.0 Å². The van der Waals surface area contributed by atoms with E-state index in [2.05, 4.69) is 16.0 Å². The quantitative estimate of drug-likeness (QED) is 0.473. The molecule has 0 fully saturated rings. The molecule has 0 spiro atoms. The van der Waals surface area contributed by atoms with Gasteiger partial charge < -0.3 is 20.7 Å². The predicted octanol–water partition coefficient (Wildman–Crippen LogP) is 3.23. The number of ether oxygens (including phenoxy) is 1. The molecule has 29 heavy (non-hydrogen) atoms. The maximum absolute atomic E-state index is 12.9. The minimum Gasteiger partial charge on any atom is -0.466 e. The van der Waals surface area contributed by atoms with Crippen molar-refractivity contribution in [3.63, 3.8) is 0 Å². The maximum atomic E-state index is 12.9. The molecule has 0 aliphatic carbocycles. The first kappa shape index (κ1) is 22.0. The van der Waals surface area contributed by atoms with Crippen LogP contribution in [-0.2, 0) is 14.3 Å². The Morgan fingerprint density at radius 3 is 2.41 bits per heavy atom. The molecule has 2 amide bonds. The van der Waals surface area contributed by atoms with Gasteiger partial charge in [0.1, 0.15) is 5.82 Å². The van der Waals surface area contributed by atoms with Gasteiger partial charge in [-0.15, -0.1) is 0 Å². The molecule has 7 nitrogen and oxygen atoms in total. The summed E-state index contributed by atoms with van der Waals surface area (Å²) < 4.78 is 17.7. The third-order valence-electron chi connectivity index (χ3n) is 3.60. The molecule has 0 saturated heterocycles. The first-order valence-corrected chi connectivity index (χ1v) is 9.21. The Kier molecular flexibility index (Phi) is 8.23. The summed E-state index contributed by atoms with van der Waals surface area (Å²) >= 11 is 5.07. The summed E-state index contributed by atoms with van der Waals surface area (Å²) in [6, 6.07) is 11.9. The zero-order chi connectivity index (χ0) is 21.2. The standard InChI is InChI=1S/C20H20FN3O4S/c1-2-28-18(26)11-10-17(25)24-20(29)23-16-5-3-4-13(12-16)19(27)22-15-8-6-14(21)7-9-15/h3-9,12H,2,10-11H2,1H3,(H,22,27)(H2,23,24,25,29). The van der Waals surface area contributed by atoms with Gasteiger partial charge in [0.05, 0.1) is 13.0 Å². The molecule has 3 N–H and O–H groups in total. The van der Waals surface area contributed by atoms with Crippen LogP contribution in [0, 0.1) is 5.82 Å². The minimum absolute atomic E-state index is 0.0370. The topological polar surface area (TPSA) is 96.5 Å². The highest BCUT2D eigenvalue weighted by molar-refractivity contribution is 7.80. The molecule has 0 aliphatic heterocycles. The second-order valence-corrected chi connectivity index (χ2v) is 6.26. The Balaban J connectivity index is 1.89. The van der Waals surface area contributed by atoms with Crippen LogP contribution in [-0.4, -0.2) is 29.5 Å². The zero-order valence-electron chi connectivity index (χ0n) is 15.7. The van der Waals surface area contributed by atoms with E-state index in [0.717, 1.165) is 0 Å². The monoisotopic (exact) mass is 417 g/mol. The van der Waals surface area contributed by atoms with Crippen LogP contribution in [0.2, 0.25) is 0 Å². The summed E-state index contributed by atoms with van der Waals surface area (Å²) in [7, 11) is 0. The number of rotatable bonds is 7. The third-order valence-corrected chi connectivity index (χ3v) is 3.80. The van der Waals surface area contributed by atoms with Crippen molar-refractivity contribution in [3.8, 4) is 0 Å². The lowest BCUT2D eigenvalue weighted by molar-refractivity contribution is -0.144. The predicted molar refractivity (Wildman–Crippen MR) is 111 cm³/mol. The number of anilines is 2. The highest BCUT2D eigenvalue weighted by Gasteiger charge is 2.11. The SMILES string of the molecule is CCOC(=O)CCC(=O)NC(=S)Nc1cccc(C(=O)Nc2ccc(F)cc2)c1. The molecule has 0 atom stereocenters. The molecule has 2 aromatic carbocycles. The summed E-state index contributed by atoms with van der Waals surface area (Å²) in [5, 5.41) is 7.96. The molecule has 2 aromatic rings. The largest absolute Gasteiger partial charge is 0.466 e. The number of thiocarbonyl (C=S) groups is 1. The summed E-state index contributed by atoms with van der Waals surface area (Å²) in [6.07, 6.45) is -0.0951. The number of benzene rings is 2. The Hall–Kier alpha value is -3.33.